The number of pyridine rings is 1. The van der Waals surface area contributed by atoms with E-state index >= 15 is 0 Å². The maximum absolute atomic E-state index is 12.7. The van der Waals surface area contributed by atoms with E-state index in [1.807, 2.05) is 24.3 Å². The summed E-state index contributed by atoms with van der Waals surface area (Å²) < 4.78 is 6.70. The van der Waals surface area contributed by atoms with Crippen molar-refractivity contribution in [1.29, 1.82) is 0 Å². The molecule has 1 unspecified atom stereocenters. The van der Waals surface area contributed by atoms with Crippen molar-refractivity contribution in [1.82, 2.24) is 14.8 Å². The molecule has 2 aromatic rings. The second-order valence-corrected chi connectivity index (χ2v) is 8.28. The molecule has 3 heterocycles. The van der Waals surface area contributed by atoms with Crippen LogP contribution in [-0.2, 0) is 4.79 Å². The first-order valence-electron chi connectivity index (χ1n) is 9.38. The zero-order valence-corrected chi connectivity index (χ0v) is 18.0. The Morgan fingerprint density at radius 1 is 1.21 bits per heavy atom. The predicted molar refractivity (Wildman–Crippen MR) is 113 cm³/mol. The fourth-order valence-electron chi connectivity index (χ4n) is 3.52. The number of likely N-dealkylation sites (tertiary alicyclic amines) is 1. The summed E-state index contributed by atoms with van der Waals surface area (Å²) in [7, 11) is 0. The van der Waals surface area contributed by atoms with Gasteiger partial charge in [-0.2, -0.15) is 0 Å². The topological polar surface area (TPSA) is 66.0 Å². The SMILES string of the molecule is O=C(CN1CCN(c2ccc(Cl)cc2)C1=O)N1CCC(Oc2ncccc2Br)C1. The largest absolute Gasteiger partial charge is 0.472 e. The lowest BCUT2D eigenvalue weighted by Gasteiger charge is -2.22. The molecule has 1 aromatic heterocycles. The lowest BCUT2D eigenvalue weighted by molar-refractivity contribution is -0.130. The highest BCUT2D eigenvalue weighted by Crippen LogP contribution is 2.25. The summed E-state index contributed by atoms with van der Waals surface area (Å²) in [5.74, 6) is 0.461. The Labute approximate surface area is 182 Å². The highest BCUT2D eigenvalue weighted by Gasteiger charge is 2.34. The third-order valence-corrected chi connectivity index (χ3v) is 5.92. The van der Waals surface area contributed by atoms with Crippen LogP contribution in [0, 0.1) is 0 Å². The van der Waals surface area contributed by atoms with Gasteiger partial charge in [0.25, 0.3) is 0 Å². The Bertz CT molecular complexity index is 911. The van der Waals surface area contributed by atoms with E-state index in [4.69, 9.17) is 16.3 Å². The van der Waals surface area contributed by atoms with Gasteiger partial charge < -0.3 is 14.5 Å². The van der Waals surface area contributed by atoms with Crippen molar-refractivity contribution < 1.29 is 14.3 Å². The maximum Gasteiger partial charge on any atom is 0.325 e. The van der Waals surface area contributed by atoms with E-state index in [0.717, 1.165) is 16.6 Å². The summed E-state index contributed by atoms with van der Waals surface area (Å²) in [4.78, 5) is 34.6. The van der Waals surface area contributed by atoms with Crippen molar-refractivity contribution in [3.63, 3.8) is 0 Å². The number of halogens is 2. The third-order valence-electron chi connectivity index (χ3n) is 5.06. The quantitative estimate of drug-likeness (QED) is 0.659. The minimum Gasteiger partial charge on any atom is -0.472 e. The molecule has 2 aliphatic heterocycles. The van der Waals surface area contributed by atoms with E-state index in [2.05, 4.69) is 20.9 Å². The molecule has 3 amide bonds. The Kier molecular flexibility index (Phi) is 5.91. The van der Waals surface area contributed by atoms with Crippen LogP contribution in [0.15, 0.2) is 47.1 Å². The molecule has 0 spiro atoms. The first kappa shape index (κ1) is 20.0. The molecular formula is C20H20BrClN4O3. The van der Waals surface area contributed by atoms with Gasteiger partial charge in [-0.05, 0) is 52.3 Å². The normalized spacial score (nSPS) is 19.2. The highest BCUT2D eigenvalue weighted by molar-refractivity contribution is 9.10. The molecule has 1 aromatic carbocycles. The van der Waals surface area contributed by atoms with Crippen LogP contribution in [0.4, 0.5) is 10.5 Å². The Morgan fingerprint density at radius 3 is 2.76 bits per heavy atom. The Hall–Kier alpha value is -2.32. The van der Waals surface area contributed by atoms with Gasteiger partial charge in [-0.3, -0.25) is 9.69 Å². The molecule has 0 radical (unpaired) electrons. The number of carbonyl (C=O) groups is 2. The van der Waals surface area contributed by atoms with Crippen LogP contribution in [0.25, 0.3) is 0 Å². The standard InChI is InChI=1S/C20H20BrClN4O3/c21-17-2-1-8-23-19(17)29-16-7-9-24(12-16)18(27)13-25-10-11-26(20(25)28)15-5-3-14(22)4-6-15/h1-6,8,16H,7,9-13H2. The van der Waals surface area contributed by atoms with Gasteiger partial charge in [0, 0.05) is 43.0 Å². The minimum absolute atomic E-state index is 0.0671. The molecule has 152 valence electrons. The van der Waals surface area contributed by atoms with Gasteiger partial charge >= 0.3 is 6.03 Å². The molecule has 0 N–H and O–H groups in total. The Morgan fingerprint density at radius 2 is 2.00 bits per heavy atom. The molecule has 2 fully saturated rings. The lowest BCUT2D eigenvalue weighted by atomic mass is 10.3. The predicted octanol–water partition coefficient (Wildman–Crippen LogP) is 3.42. The van der Waals surface area contributed by atoms with E-state index in [1.54, 1.807) is 33.0 Å². The smallest absolute Gasteiger partial charge is 0.325 e. The summed E-state index contributed by atoms with van der Waals surface area (Å²) in [6.07, 6.45) is 2.30. The number of benzene rings is 1. The lowest BCUT2D eigenvalue weighted by Crippen LogP contribution is -2.42. The molecular weight excluding hydrogens is 460 g/mol. The maximum atomic E-state index is 12.7. The second kappa shape index (κ2) is 8.59. The van der Waals surface area contributed by atoms with E-state index in [9.17, 15) is 9.59 Å². The molecule has 1 atom stereocenters. The van der Waals surface area contributed by atoms with E-state index in [0.29, 0.717) is 37.1 Å². The number of urea groups is 1. The van der Waals surface area contributed by atoms with Crippen molar-refractivity contribution in [2.75, 3.05) is 37.6 Å². The zero-order chi connectivity index (χ0) is 20.4. The second-order valence-electron chi connectivity index (χ2n) is 6.99. The first-order valence-corrected chi connectivity index (χ1v) is 10.6. The van der Waals surface area contributed by atoms with Crippen LogP contribution in [0.3, 0.4) is 0 Å². The van der Waals surface area contributed by atoms with Crippen molar-refractivity contribution in [2.45, 2.75) is 12.5 Å². The van der Waals surface area contributed by atoms with Gasteiger partial charge in [0.1, 0.15) is 12.6 Å². The van der Waals surface area contributed by atoms with Crippen LogP contribution in [0.1, 0.15) is 6.42 Å². The van der Waals surface area contributed by atoms with Crippen LogP contribution in [0.2, 0.25) is 5.02 Å². The molecule has 9 heteroatoms. The number of ether oxygens (including phenoxy) is 1. The first-order chi connectivity index (χ1) is 14.0. The Balaban J connectivity index is 1.31. The minimum atomic E-state index is -0.162. The summed E-state index contributed by atoms with van der Waals surface area (Å²) in [6, 6.07) is 10.6. The highest BCUT2D eigenvalue weighted by atomic mass is 79.9. The van der Waals surface area contributed by atoms with Crippen LogP contribution in [0.5, 0.6) is 5.88 Å². The van der Waals surface area contributed by atoms with Crippen LogP contribution < -0.4 is 9.64 Å². The molecule has 7 nitrogen and oxygen atoms in total. The fraction of sp³-hybridized carbons (Fsp3) is 0.350. The molecule has 0 aliphatic carbocycles. The van der Waals surface area contributed by atoms with Gasteiger partial charge in [-0.15, -0.1) is 0 Å². The summed E-state index contributed by atoms with van der Waals surface area (Å²) >= 11 is 9.33. The summed E-state index contributed by atoms with van der Waals surface area (Å²) in [6.45, 7) is 2.24. The number of amides is 3. The molecule has 4 rings (SSSR count). The van der Waals surface area contributed by atoms with Crippen molar-refractivity contribution >= 4 is 45.2 Å². The molecule has 2 aliphatic rings. The number of aromatic nitrogens is 1. The molecule has 29 heavy (non-hydrogen) atoms. The average Bonchev–Trinajstić information content (AvgIpc) is 3.32. The number of nitrogens with zero attached hydrogens (tertiary/aromatic N) is 4. The average molecular weight is 480 g/mol. The number of anilines is 1. The van der Waals surface area contributed by atoms with Crippen LogP contribution >= 0.6 is 27.5 Å². The third kappa shape index (κ3) is 4.48. The number of carbonyl (C=O) groups excluding carboxylic acids is 2. The number of rotatable bonds is 5. The van der Waals surface area contributed by atoms with Gasteiger partial charge in [0.05, 0.1) is 11.0 Å². The van der Waals surface area contributed by atoms with Crippen LogP contribution in [-0.4, -0.2) is 65.5 Å². The van der Waals surface area contributed by atoms with Gasteiger partial charge in [-0.1, -0.05) is 11.6 Å². The van der Waals surface area contributed by atoms with Crippen molar-refractivity contribution in [2.24, 2.45) is 0 Å². The van der Waals surface area contributed by atoms with E-state index in [1.165, 1.54) is 0 Å². The van der Waals surface area contributed by atoms with Gasteiger partial charge in [0.2, 0.25) is 11.8 Å². The molecule has 0 saturated carbocycles. The van der Waals surface area contributed by atoms with E-state index < -0.39 is 0 Å². The van der Waals surface area contributed by atoms with Gasteiger partial charge in [0.15, 0.2) is 0 Å². The molecule has 0 bridgehead atoms. The summed E-state index contributed by atoms with van der Waals surface area (Å²) in [5.41, 5.74) is 0.782. The van der Waals surface area contributed by atoms with Gasteiger partial charge in [-0.25, -0.2) is 9.78 Å². The number of hydrogen-bond donors (Lipinski definition) is 0. The van der Waals surface area contributed by atoms with Crippen molar-refractivity contribution in [3.8, 4) is 5.88 Å². The number of hydrogen-bond acceptors (Lipinski definition) is 4. The monoisotopic (exact) mass is 478 g/mol. The van der Waals surface area contributed by atoms with Crippen molar-refractivity contribution in [3.05, 3.63) is 52.1 Å². The fourth-order valence-corrected chi connectivity index (χ4v) is 3.99. The molecule has 2 saturated heterocycles. The van der Waals surface area contributed by atoms with E-state index in [-0.39, 0.29) is 24.6 Å². The summed E-state index contributed by atoms with van der Waals surface area (Å²) in [5, 5.41) is 0.621. The zero-order valence-electron chi connectivity index (χ0n) is 15.6.